The highest BCUT2D eigenvalue weighted by Gasteiger charge is 2.41. The molecular formula is C9H14NO2S+. The van der Waals surface area contributed by atoms with Crippen LogP contribution in [0.5, 0.6) is 0 Å². The molecule has 0 aromatic heterocycles. The van der Waals surface area contributed by atoms with E-state index in [1.165, 1.54) is 11.8 Å². The van der Waals surface area contributed by atoms with Gasteiger partial charge in [0.1, 0.15) is 18.1 Å². The standard InChI is InChI=1S/C9H13NO2S/c11-9(6-13)10-4-5-12-8-3-1-2-7(8)10/h6-8H,1-5H2/p+1. The molecule has 2 fully saturated rings. The average molecular weight is 200 g/mol. The maximum atomic E-state index is 9.56. The number of hydrogen-bond acceptors (Lipinski definition) is 2. The molecule has 1 saturated heterocycles. The van der Waals surface area contributed by atoms with E-state index in [9.17, 15) is 5.11 Å². The van der Waals surface area contributed by atoms with E-state index in [2.05, 4.69) is 0 Å². The first-order valence-corrected chi connectivity index (χ1v) is 5.19. The second-order valence-electron chi connectivity index (χ2n) is 3.58. The Morgan fingerprint density at radius 1 is 1.54 bits per heavy atom. The largest absolute Gasteiger partial charge is 0.460 e. The summed E-state index contributed by atoms with van der Waals surface area (Å²) in [5.74, 6) is 0.232. The average Bonchev–Trinajstić information content (AvgIpc) is 2.63. The van der Waals surface area contributed by atoms with Crippen molar-refractivity contribution in [1.82, 2.24) is 0 Å². The lowest BCUT2D eigenvalue weighted by Crippen LogP contribution is -2.45. The fraction of sp³-hybridized carbons (Fsp3) is 0.778. The van der Waals surface area contributed by atoms with Gasteiger partial charge in [0, 0.05) is 6.42 Å². The van der Waals surface area contributed by atoms with Crippen molar-refractivity contribution in [3.05, 3.63) is 0 Å². The first kappa shape index (κ1) is 9.09. The van der Waals surface area contributed by atoms with Crippen molar-refractivity contribution in [2.75, 3.05) is 13.2 Å². The van der Waals surface area contributed by atoms with Crippen molar-refractivity contribution in [2.45, 2.75) is 31.4 Å². The highest BCUT2D eigenvalue weighted by molar-refractivity contribution is 7.80. The second kappa shape index (κ2) is 3.72. The van der Waals surface area contributed by atoms with Crippen LogP contribution in [0, 0.1) is 0 Å². The number of rotatable bonds is 1. The van der Waals surface area contributed by atoms with E-state index < -0.39 is 0 Å². The van der Waals surface area contributed by atoms with Crippen LogP contribution in [-0.4, -0.2) is 46.2 Å². The molecule has 4 heteroatoms. The van der Waals surface area contributed by atoms with E-state index in [0.29, 0.717) is 18.8 Å². The van der Waals surface area contributed by atoms with Gasteiger partial charge in [0.25, 0.3) is 0 Å². The number of ether oxygens (including phenoxy) is 1. The van der Waals surface area contributed by atoms with Crippen LogP contribution in [0.25, 0.3) is 0 Å². The maximum absolute atomic E-state index is 9.56. The minimum Gasteiger partial charge on any atom is -0.460 e. The predicted octanol–water partition coefficient (Wildman–Crippen LogP) is 0.906. The second-order valence-corrected chi connectivity index (χ2v) is 3.81. The molecule has 0 amide bonds. The van der Waals surface area contributed by atoms with Crippen LogP contribution in [0.4, 0.5) is 0 Å². The Kier molecular flexibility index (Phi) is 2.60. The van der Waals surface area contributed by atoms with Crippen molar-refractivity contribution in [2.24, 2.45) is 0 Å². The Bertz CT molecular complexity index is 252. The van der Waals surface area contributed by atoms with Gasteiger partial charge < -0.3 is 9.84 Å². The monoisotopic (exact) mass is 200 g/mol. The maximum Gasteiger partial charge on any atom is 0.371 e. The summed E-state index contributed by atoms with van der Waals surface area (Å²) >= 11 is 4.72. The molecule has 0 spiro atoms. The molecule has 0 radical (unpaired) electrons. The van der Waals surface area contributed by atoms with Gasteiger partial charge in [-0.25, -0.2) is 0 Å². The molecule has 0 bridgehead atoms. The normalized spacial score (nSPS) is 36.9. The third kappa shape index (κ3) is 1.60. The number of morpholine rings is 1. The lowest BCUT2D eigenvalue weighted by atomic mass is 10.1. The van der Waals surface area contributed by atoms with E-state index in [1.807, 2.05) is 4.58 Å². The zero-order chi connectivity index (χ0) is 9.26. The van der Waals surface area contributed by atoms with Gasteiger partial charge in [0.2, 0.25) is 0 Å². The summed E-state index contributed by atoms with van der Waals surface area (Å²) in [6.07, 6.45) is 3.73. The SMILES string of the molecule is OC(C=S)=[N+]1CCOC2CCCC21. The topological polar surface area (TPSA) is 32.5 Å². The van der Waals surface area contributed by atoms with Gasteiger partial charge in [-0.3, -0.25) is 0 Å². The molecule has 13 heavy (non-hydrogen) atoms. The summed E-state index contributed by atoms with van der Waals surface area (Å²) in [7, 11) is 0. The molecule has 0 aromatic rings. The lowest BCUT2D eigenvalue weighted by Gasteiger charge is -2.23. The van der Waals surface area contributed by atoms with Crippen LogP contribution in [-0.2, 0) is 4.74 Å². The molecule has 3 nitrogen and oxygen atoms in total. The van der Waals surface area contributed by atoms with Gasteiger partial charge in [-0.15, -0.1) is 0 Å². The molecule has 1 aliphatic heterocycles. The number of hydrogen-bond donors (Lipinski definition) is 1. The van der Waals surface area contributed by atoms with Crippen LogP contribution in [0.2, 0.25) is 0 Å². The Morgan fingerprint density at radius 2 is 2.38 bits per heavy atom. The summed E-state index contributed by atoms with van der Waals surface area (Å²) < 4.78 is 7.59. The number of nitrogens with zero attached hydrogens (tertiary/aromatic N) is 1. The van der Waals surface area contributed by atoms with Crippen molar-refractivity contribution >= 4 is 23.5 Å². The predicted molar refractivity (Wildman–Crippen MR) is 53.8 cm³/mol. The molecular weight excluding hydrogens is 186 g/mol. The Labute approximate surface area is 83.0 Å². The molecule has 72 valence electrons. The van der Waals surface area contributed by atoms with E-state index in [0.717, 1.165) is 19.4 Å². The molecule has 2 rings (SSSR count). The molecule has 2 unspecified atom stereocenters. The van der Waals surface area contributed by atoms with E-state index in [4.69, 9.17) is 17.0 Å². The quantitative estimate of drug-likeness (QED) is 0.388. The zero-order valence-electron chi connectivity index (χ0n) is 7.48. The summed E-state index contributed by atoms with van der Waals surface area (Å²) in [5.41, 5.74) is 0. The van der Waals surface area contributed by atoms with Gasteiger partial charge in [0.15, 0.2) is 12.6 Å². The molecule has 2 atom stereocenters. The highest BCUT2D eigenvalue weighted by Crippen LogP contribution is 2.27. The van der Waals surface area contributed by atoms with Gasteiger partial charge >= 0.3 is 5.90 Å². The van der Waals surface area contributed by atoms with Crippen molar-refractivity contribution in [3.8, 4) is 0 Å². The molecule has 0 aromatic carbocycles. The van der Waals surface area contributed by atoms with Gasteiger partial charge in [0.05, 0.1) is 0 Å². The lowest BCUT2D eigenvalue weighted by molar-refractivity contribution is -0.598. The Balaban J connectivity index is 2.23. The summed E-state index contributed by atoms with van der Waals surface area (Å²) in [6.45, 7) is 1.47. The van der Waals surface area contributed by atoms with Crippen molar-refractivity contribution in [3.63, 3.8) is 0 Å². The van der Waals surface area contributed by atoms with E-state index >= 15 is 0 Å². The molecule has 2 aliphatic rings. The summed E-state index contributed by atoms with van der Waals surface area (Å²) in [4.78, 5) is 0. The fourth-order valence-electron chi connectivity index (χ4n) is 2.28. The van der Waals surface area contributed by atoms with E-state index in [-0.39, 0.29) is 5.90 Å². The van der Waals surface area contributed by atoms with Crippen LogP contribution >= 0.6 is 12.2 Å². The fourth-order valence-corrected chi connectivity index (χ4v) is 2.41. The van der Waals surface area contributed by atoms with Crippen LogP contribution in [0.1, 0.15) is 19.3 Å². The first-order valence-electron chi connectivity index (χ1n) is 4.72. The van der Waals surface area contributed by atoms with Crippen LogP contribution < -0.4 is 0 Å². The molecule has 1 N–H and O–H groups in total. The minimum absolute atomic E-state index is 0.232. The highest BCUT2D eigenvalue weighted by atomic mass is 32.1. The van der Waals surface area contributed by atoms with E-state index in [1.54, 1.807) is 0 Å². The van der Waals surface area contributed by atoms with Crippen molar-refractivity contribution in [1.29, 1.82) is 0 Å². The first-order chi connectivity index (χ1) is 6.33. The Morgan fingerprint density at radius 3 is 3.15 bits per heavy atom. The van der Waals surface area contributed by atoms with Gasteiger partial charge in [-0.2, -0.15) is 4.58 Å². The number of aliphatic hydroxyl groups is 1. The number of thiocarbonyl (C=S) groups is 1. The molecule has 1 aliphatic carbocycles. The van der Waals surface area contributed by atoms with Gasteiger partial charge in [-0.05, 0) is 12.8 Å². The zero-order valence-corrected chi connectivity index (χ0v) is 8.30. The number of fused-ring (bicyclic) bond motifs is 1. The van der Waals surface area contributed by atoms with Crippen LogP contribution in [0.3, 0.4) is 0 Å². The van der Waals surface area contributed by atoms with Crippen LogP contribution in [0.15, 0.2) is 0 Å². The van der Waals surface area contributed by atoms with Gasteiger partial charge in [-0.1, -0.05) is 12.2 Å². The third-order valence-electron chi connectivity index (χ3n) is 2.88. The minimum atomic E-state index is 0.232. The Hall–Kier alpha value is -0.480. The summed E-state index contributed by atoms with van der Waals surface area (Å²) in [5, 5.41) is 10.9. The van der Waals surface area contributed by atoms with Crippen molar-refractivity contribution < 1.29 is 14.4 Å². The smallest absolute Gasteiger partial charge is 0.371 e. The third-order valence-corrected chi connectivity index (χ3v) is 3.09. The molecule has 1 saturated carbocycles. The number of aliphatic hydroxyl groups excluding tert-OH is 1. The molecule has 1 heterocycles. The summed E-state index contributed by atoms with van der Waals surface area (Å²) in [6, 6.07) is 0.355.